The third kappa shape index (κ3) is 2.16. The Morgan fingerprint density at radius 1 is 1.32 bits per heavy atom. The van der Waals surface area contributed by atoms with Crippen molar-refractivity contribution >= 4 is 0 Å². The van der Waals surface area contributed by atoms with Crippen LogP contribution in [0.15, 0.2) is 25.3 Å². The van der Waals surface area contributed by atoms with Crippen molar-refractivity contribution in [2.24, 2.45) is 0 Å². The van der Waals surface area contributed by atoms with E-state index in [1.807, 2.05) is 12.2 Å². The maximum absolute atomic E-state index is 4.53. The molecule has 1 aromatic rings. The van der Waals surface area contributed by atoms with E-state index in [1.165, 1.54) is 42.8 Å². The highest BCUT2D eigenvalue weighted by molar-refractivity contribution is 5.35. The van der Waals surface area contributed by atoms with Gasteiger partial charge in [-0.2, -0.15) is 5.10 Å². The van der Waals surface area contributed by atoms with Gasteiger partial charge >= 0.3 is 0 Å². The minimum Gasteiger partial charge on any atom is -0.296 e. The van der Waals surface area contributed by atoms with Crippen LogP contribution in [0.5, 0.6) is 0 Å². The fourth-order valence-corrected chi connectivity index (χ4v) is 3.88. The summed E-state index contributed by atoms with van der Waals surface area (Å²) in [6.07, 6.45) is 9.86. The van der Waals surface area contributed by atoms with Gasteiger partial charge in [0.05, 0.1) is 5.69 Å². The summed E-state index contributed by atoms with van der Waals surface area (Å²) >= 11 is 0. The van der Waals surface area contributed by atoms with Gasteiger partial charge in [0.25, 0.3) is 0 Å². The van der Waals surface area contributed by atoms with Crippen LogP contribution in [0.25, 0.3) is 0 Å². The Morgan fingerprint density at radius 2 is 2.21 bits per heavy atom. The van der Waals surface area contributed by atoms with Crippen molar-refractivity contribution in [2.75, 3.05) is 13.1 Å². The van der Waals surface area contributed by atoms with Crippen molar-refractivity contribution in [3.8, 4) is 0 Å². The predicted octanol–water partition coefficient (Wildman–Crippen LogP) is 2.82. The largest absolute Gasteiger partial charge is 0.296 e. The first-order valence-corrected chi connectivity index (χ1v) is 7.37. The van der Waals surface area contributed by atoms with E-state index in [4.69, 9.17) is 0 Å². The molecule has 2 aliphatic rings. The molecule has 3 rings (SSSR count). The normalized spacial score (nSPS) is 26.5. The van der Waals surface area contributed by atoms with Crippen LogP contribution in [0.1, 0.15) is 42.1 Å². The van der Waals surface area contributed by atoms with Crippen molar-refractivity contribution in [3.05, 3.63) is 42.3 Å². The maximum atomic E-state index is 4.53. The Kier molecular flexibility index (Phi) is 3.56. The first-order valence-electron chi connectivity index (χ1n) is 7.37. The second-order valence-corrected chi connectivity index (χ2v) is 5.69. The van der Waals surface area contributed by atoms with Gasteiger partial charge in [-0.1, -0.05) is 12.2 Å². The molecule has 0 spiro atoms. The standard InChI is InChI=1S/C16H23N3/c1-3-6-13-16-12-7-5-11-19(10-4-2)15(12)9-8-14(16)18-17-13/h3-4,12,15H,1-2,5-11H2,(H,17,18)/t12-,15+/m1/s1. The SMILES string of the molecule is C=CCc1[nH]nc2c1[C@@H]1CCCN(CC=C)[C@H]1CC2. The number of fused-ring (bicyclic) bond motifs is 3. The summed E-state index contributed by atoms with van der Waals surface area (Å²) in [6, 6.07) is 0.681. The molecule has 1 fully saturated rings. The molecule has 3 nitrogen and oxygen atoms in total. The third-order valence-corrected chi connectivity index (χ3v) is 4.62. The number of rotatable bonds is 4. The number of hydrogen-bond acceptors (Lipinski definition) is 2. The number of aromatic nitrogens is 2. The fourth-order valence-electron chi connectivity index (χ4n) is 3.88. The molecule has 1 saturated heterocycles. The Morgan fingerprint density at radius 3 is 3.00 bits per heavy atom. The Bertz CT molecular complexity index is 474. The number of likely N-dealkylation sites (tertiary alicyclic amines) is 1. The van der Waals surface area contributed by atoms with E-state index < -0.39 is 0 Å². The molecule has 0 saturated carbocycles. The lowest BCUT2D eigenvalue weighted by molar-refractivity contribution is 0.126. The zero-order valence-electron chi connectivity index (χ0n) is 11.6. The number of piperidine rings is 1. The maximum Gasteiger partial charge on any atom is 0.0661 e. The Hall–Kier alpha value is -1.35. The Balaban J connectivity index is 1.92. The van der Waals surface area contributed by atoms with Crippen LogP contribution >= 0.6 is 0 Å². The molecule has 1 N–H and O–H groups in total. The van der Waals surface area contributed by atoms with E-state index in [9.17, 15) is 0 Å². The van der Waals surface area contributed by atoms with Crippen LogP contribution in [0.2, 0.25) is 0 Å². The van der Waals surface area contributed by atoms with Gasteiger partial charge in [-0.05, 0) is 32.2 Å². The van der Waals surface area contributed by atoms with Crippen LogP contribution in [-0.4, -0.2) is 34.2 Å². The average Bonchev–Trinajstić information content (AvgIpc) is 2.84. The van der Waals surface area contributed by atoms with E-state index >= 15 is 0 Å². The highest BCUT2D eigenvalue weighted by Crippen LogP contribution is 2.41. The number of H-pyrrole nitrogens is 1. The predicted molar refractivity (Wildman–Crippen MR) is 78.3 cm³/mol. The highest BCUT2D eigenvalue weighted by atomic mass is 15.2. The van der Waals surface area contributed by atoms with Gasteiger partial charge < -0.3 is 0 Å². The number of hydrogen-bond donors (Lipinski definition) is 1. The molecule has 19 heavy (non-hydrogen) atoms. The molecule has 2 heterocycles. The molecule has 3 heteroatoms. The Labute approximate surface area is 115 Å². The molecule has 0 unspecified atom stereocenters. The van der Waals surface area contributed by atoms with Gasteiger partial charge in [-0.3, -0.25) is 10.00 Å². The first kappa shape index (κ1) is 12.7. The molecule has 1 aromatic heterocycles. The molecule has 1 aliphatic carbocycles. The third-order valence-electron chi connectivity index (χ3n) is 4.62. The van der Waals surface area contributed by atoms with Gasteiger partial charge in [0.1, 0.15) is 0 Å². The summed E-state index contributed by atoms with van der Waals surface area (Å²) < 4.78 is 0. The van der Waals surface area contributed by atoms with Crippen molar-refractivity contribution in [1.82, 2.24) is 15.1 Å². The molecule has 0 amide bonds. The van der Waals surface area contributed by atoms with E-state index in [0.717, 1.165) is 19.4 Å². The quantitative estimate of drug-likeness (QED) is 0.841. The minimum absolute atomic E-state index is 0.658. The average molecular weight is 257 g/mol. The van der Waals surface area contributed by atoms with Crippen molar-refractivity contribution in [3.63, 3.8) is 0 Å². The number of nitrogens with zero attached hydrogens (tertiary/aromatic N) is 2. The second kappa shape index (κ2) is 5.33. The van der Waals surface area contributed by atoms with Crippen LogP contribution in [0.4, 0.5) is 0 Å². The zero-order valence-corrected chi connectivity index (χ0v) is 11.6. The van der Waals surface area contributed by atoms with Crippen LogP contribution in [0.3, 0.4) is 0 Å². The summed E-state index contributed by atoms with van der Waals surface area (Å²) in [5.74, 6) is 0.658. The molecular formula is C16H23N3. The van der Waals surface area contributed by atoms with E-state index in [-0.39, 0.29) is 0 Å². The highest BCUT2D eigenvalue weighted by Gasteiger charge is 2.38. The monoisotopic (exact) mass is 257 g/mol. The van der Waals surface area contributed by atoms with Crippen LogP contribution < -0.4 is 0 Å². The van der Waals surface area contributed by atoms with Crippen LogP contribution in [-0.2, 0) is 12.8 Å². The number of nitrogens with one attached hydrogen (secondary N) is 1. The van der Waals surface area contributed by atoms with Gasteiger partial charge in [0.15, 0.2) is 0 Å². The molecule has 2 atom stereocenters. The number of allylic oxidation sites excluding steroid dienone is 1. The lowest BCUT2D eigenvalue weighted by Gasteiger charge is -2.43. The number of aromatic amines is 1. The van der Waals surface area contributed by atoms with Gasteiger partial charge in [-0.15, -0.1) is 13.2 Å². The van der Waals surface area contributed by atoms with Gasteiger partial charge in [-0.25, -0.2) is 0 Å². The zero-order chi connectivity index (χ0) is 13.2. The van der Waals surface area contributed by atoms with Crippen LogP contribution in [0, 0.1) is 0 Å². The summed E-state index contributed by atoms with van der Waals surface area (Å²) in [5, 5.41) is 7.76. The lowest BCUT2D eigenvalue weighted by atomic mass is 9.75. The topological polar surface area (TPSA) is 31.9 Å². The summed E-state index contributed by atoms with van der Waals surface area (Å²) in [4.78, 5) is 2.61. The molecule has 102 valence electrons. The smallest absolute Gasteiger partial charge is 0.0661 e. The minimum atomic E-state index is 0.658. The van der Waals surface area contributed by atoms with Crippen molar-refractivity contribution in [1.29, 1.82) is 0 Å². The summed E-state index contributed by atoms with van der Waals surface area (Å²) in [7, 11) is 0. The first-order chi connectivity index (χ1) is 9.35. The molecule has 0 bridgehead atoms. The molecule has 0 radical (unpaired) electrons. The summed E-state index contributed by atoms with van der Waals surface area (Å²) in [5.41, 5.74) is 4.10. The second-order valence-electron chi connectivity index (χ2n) is 5.69. The van der Waals surface area contributed by atoms with E-state index in [0.29, 0.717) is 12.0 Å². The van der Waals surface area contributed by atoms with Crippen molar-refractivity contribution in [2.45, 2.75) is 44.1 Å². The van der Waals surface area contributed by atoms with E-state index in [1.54, 1.807) is 0 Å². The fraction of sp³-hybridized carbons (Fsp3) is 0.562. The van der Waals surface area contributed by atoms with E-state index in [2.05, 4.69) is 28.3 Å². The molecule has 0 aromatic carbocycles. The summed E-state index contributed by atoms with van der Waals surface area (Å²) in [6.45, 7) is 10.0. The lowest BCUT2D eigenvalue weighted by Crippen LogP contribution is -2.46. The van der Waals surface area contributed by atoms with Gasteiger partial charge in [0, 0.05) is 36.2 Å². The molecular weight excluding hydrogens is 234 g/mol. The molecule has 1 aliphatic heterocycles. The van der Waals surface area contributed by atoms with Crippen molar-refractivity contribution < 1.29 is 0 Å². The van der Waals surface area contributed by atoms with Gasteiger partial charge in [0.2, 0.25) is 0 Å². The number of aryl methyl sites for hydroxylation is 1.